The van der Waals surface area contributed by atoms with Crippen LogP contribution in [0.3, 0.4) is 0 Å². The van der Waals surface area contributed by atoms with E-state index in [-0.39, 0.29) is 5.91 Å². The highest BCUT2D eigenvalue weighted by Crippen LogP contribution is 2.18. The molecule has 1 aliphatic heterocycles. The SMILES string of the molecule is O=C(CCc1c[nH]c2ccccc12)NCCN1CCCC1. The normalized spacial score (nSPS) is 15.6. The van der Waals surface area contributed by atoms with Gasteiger partial charge in [0.15, 0.2) is 0 Å². The van der Waals surface area contributed by atoms with Crippen LogP contribution in [0.5, 0.6) is 0 Å². The fourth-order valence-corrected chi connectivity index (χ4v) is 3.03. The highest BCUT2D eigenvalue weighted by molar-refractivity contribution is 5.84. The second-order valence-electron chi connectivity index (χ2n) is 5.76. The standard InChI is InChI=1S/C17H23N3O/c21-17(18-9-12-20-10-3-4-11-20)8-7-14-13-19-16-6-2-1-5-15(14)16/h1-2,5-6,13,19H,3-4,7-12H2,(H,18,21). The monoisotopic (exact) mass is 285 g/mol. The fourth-order valence-electron chi connectivity index (χ4n) is 3.03. The Labute approximate surface area is 125 Å². The van der Waals surface area contributed by atoms with Gasteiger partial charge >= 0.3 is 0 Å². The van der Waals surface area contributed by atoms with E-state index in [9.17, 15) is 4.79 Å². The Morgan fingerprint density at radius 2 is 2.05 bits per heavy atom. The van der Waals surface area contributed by atoms with Gasteiger partial charge < -0.3 is 15.2 Å². The van der Waals surface area contributed by atoms with Crippen LogP contribution in [0.25, 0.3) is 10.9 Å². The lowest BCUT2D eigenvalue weighted by molar-refractivity contribution is -0.121. The molecule has 0 atom stereocenters. The first-order chi connectivity index (χ1) is 10.3. The van der Waals surface area contributed by atoms with Gasteiger partial charge in [0.25, 0.3) is 0 Å². The number of nitrogens with zero attached hydrogens (tertiary/aromatic N) is 1. The maximum atomic E-state index is 11.9. The Morgan fingerprint density at radius 1 is 1.24 bits per heavy atom. The molecule has 0 unspecified atom stereocenters. The second-order valence-corrected chi connectivity index (χ2v) is 5.76. The van der Waals surface area contributed by atoms with Crippen LogP contribution in [0.4, 0.5) is 0 Å². The summed E-state index contributed by atoms with van der Waals surface area (Å²) in [7, 11) is 0. The largest absolute Gasteiger partial charge is 0.361 e. The number of hydrogen-bond acceptors (Lipinski definition) is 2. The summed E-state index contributed by atoms with van der Waals surface area (Å²) in [6.07, 6.45) is 5.96. The van der Waals surface area contributed by atoms with E-state index in [0.717, 1.165) is 25.0 Å². The number of rotatable bonds is 6. The number of nitrogens with one attached hydrogen (secondary N) is 2. The average Bonchev–Trinajstić information content (AvgIpc) is 3.14. The van der Waals surface area contributed by atoms with Crippen molar-refractivity contribution in [2.24, 2.45) is 0 Å². The molecule has 0 aliphatic carbocycles. The molecule has 4 nitrogen and oxygen atoms in total. The van der Waals surface area contributed by atoms with Crippen LogP contribution in [0.2, 0.25) is 0 Å². The number of likely N-dealkylation sites (tertiary alicyclic amines) is 1. The van der Waals surface area contributed by atoms with E-state index in [2.05, 4.69) is 27.3 Å². The van der Waals surface area contributed by atoms with Crippen molar-refractivity contribution in [2.75, 3.05) is 26.2 Å². The fraction of sp³-hybridized carbons (Fsp3) is 0.471. The van der Waals surface area contributed by atoms with Crippen molar-refractivity contribution in [2.45, 2.75) is 25.7 Å². The van der Waals surface area contributed by atoms with E-state index < -0.39 is 0 Å². The zero-order chi connectivity index (χ0) is 14.5. The van der Waals surface area contributed by atoms with Gasteiger partial charge in [0.05, 0.1) is 0 Å². The minimum atomic E-state index is 0.152. The van der Waals surface area contributed by atoms with Crippen molar-refractivity contribution in [3.63, 3.8) is 0 Å². The zero-order valence-corrected chi connectivity index (χ0v) is 12.4. The van der Waals surface area contributed by atoms with Gasteiger partial charge in [0, 0.05) is 36.6 Å². The van der Waals surface area contributed by atoms with Crippen molar-refractivity contribution in [3.8, 4) is 0 Å². The third kappa shape index (κ3) is 3.64. The van der Waals surface area contributed by atoms with Crippen LogP contribution in [0, 0.1) is 0 Å². The number of hydrogen-bond donors (Lipinski definition) is 2. The second kappa shape index (κ2) is 6.76. The van der Waals surface area contributed by atoms with E-state index in [1.807, 2.05) is 18.3 Å². The smallest absolute Gasteiger partial charge is 0.220 e. The Morgan fingerprint density at radius 3 is 2.90 bits per heavy atom. The lowest BCUT2D eigenvalue weighted by Gasteiger charge is -2.14. The quantitative estimate of drug-likeness (QED) is 0.855. The molecule has 1 fully saturated rings. The molecule has 1 saturated heterocycles. The summed E-state index contributed by atoms with van der Waals surface area (Å²) in [5, 5.41) is 4.25. The van der Waals surface area contributed by atoms with Gasteiger partial charge in [-0.15, -0.1) is 0 Å². The Bertz CT molecular complexity index is 599. The Balaban J connectivity index is 1.43. The summed E-state index contributed by atoms with van der Waals surface area (Å²) in [5.74, 6) is 0.152. The highest BCUT2D eigenvalue weighted by Gasteiger charge is 2.11. The number of benzene rings is 1. The first-order valence-electron chi connectivity index (χ1n) is 7.87. The maximum Gasteiger partial charge on any atom is 0.220 e. The third-order valence-corrected chi connectivity index (χ3v) is 4.25. The Kier molecular flexibility index (Phi) is 4.55. The van der Waals surface area contributed by atoms with Crippen LogP contribution in [-0.4, -0.2) is 42.0 Å². The molecule has 4 heteroatoms. The van der Waals surface area contributed by atoms with Gasteiger partial charge in [-0.2, -0.15) is 0 Å². The van der Waals surface area contributed by atoms with Gasteiger partial charge in [-0.1, -0.05) is 18.2 Å². The summed E-state index contributed by atoms with van der Waals surface area (Å²) in [4.78, 5) is 17.6. The maximum absolute atomic E-state index is 11.9. The van der Waals surface area contributed by atoms with E-state index in [4.69, 9.17) is 0 Å². The van der Waals surface area contributed by atoms with Gasteiger partial charge in [-0.25, -0.2) is 0 Å². The predicted molar refractivity (Wildman–Crippen MR) is 85.3 cm³/mol. The van der Waals surface area contributed by atoms with Crippen LogP contribution in [0.1, 0.15) is 24.8 Å². The van der Waals surface area contributed by atoms with Crippen LogP contribution >= 0.6 is 0 Å². The number of para-hydroxylation sites is 1. The summed E-state index contributed by atoms with van der Waals surface area (Å²) >= 11 is 0. The molecule has 112 valence electrons. The van der Waals surface area contributed by atoms with Gasteiger partial charge in [0.2, 0.25) is 5.91 Å². The molecular formula is C17H23N3O. The molecule has 1 aromatic heterocycles. The van der Waals surface area contributed by atoms with Crippen molar-refractivity contribution in [3.05, 3.63) is 36.0 Å². The predicted octanol–water partition coefficient (Wildman–Crippen LogP) is 2.31. The van der Waals surface area contributed by atoms with Crippen LogP contribution < -0.4 is 5.32 Å². The molecule has 21 heavy (non-hydrogen) atoms. The van der Waals surface area contributed by atoms with Crippen molar-refractivity contribution in [1.29, 1.82) is 0 Å². The number of H-pyrrole nitrogens is 1. The molecule has 1 aliphatic rings. The van der Waals surface area contributed by atoms with Gasteiger partial charge in [-0.3, -0.25) is 4.79 Å². The number of aromatic amines is 1. The third-order valence-electron chi connectivity index (χ3n) is 4.25. The number of fused-ring (bicyclic) bond motifs is 1. The molecule has 0 spiro atoms. The zero-order valence-electron chi connectivity index (χ0n) is 12.4. The van der Waals surface area contributed by atoms with E-state index in [1.54, 1.807) is 0 Å². The Hall–Kier alpha value is -1.81. The van der Waals surface area contributed by atoms with Crippen molar-refractivity contribution in [1.82, 2.24) is 15.2 Å². The summed E-state index contributed by atoms with van der Waals surface area (Å²) in [6, 6.07) is 8.23. The van der Waals surface area contributed by atoms with E-state index in [1.165, 1.54) is 36.9 Å². The first-order valence-corrected chi connectivity index (χ1v) is 7.87. The topological polar surface area (TPSA) is 48.1 Å². The lowest BCUT2D eigenvalue weighted by atomic mass is 10.1. The number of aryl methyl sites for hydroxylation is 1. The molecule has 0 radical (unpaired) electrons. The minimum absolute atomic E-state index is 0.152. The van der Waals surface area contributed by atoms with Gasteiger partial charge in [-0.05, 0) is 44.0 Å². The van der Waals surface area contributed by atoms with Crippen molar-refractivity contribution < 1.29 is 4.79 Å². The van der Waals surface area contributed by atoms with Crippen LogP contribution in [0.15, 0.2) is 30.5 Å². The first kappa shape index (κ1) is 14.1. The molecule has 2 heterocycles. The van der Waals surface area contributed by atoms with Gasteiger partial charge in [0.1, 0.15) is 0 Å². The molecule has 2 N–H and O–H groups in total. The molecule has 2 aromatic rings. The number of aromatic nitrogens is 1. The molecule has 1 amide bonds. The number of carbonyl (C=O) groups excluding carboxylic acids is 1. The van der Waals surface area contributed by atoms with E-state index >= 15 is 0 Å². The number of carbonyl (C=O) groups is 1. The van der Waals surface area contributed by atoms with Crippen LogP contribution in [-0.2, 0) is 11.2 Å². The van der Waals surface area contributed by atoms with Crippen molar-refractivity contribution >= 4 is 16.8 Å². The number of amides is 1. The molecule has 0 bridgehead atoms. The molecule has 3 rings (SSSR count). The molecule has 0 saturated carbocycles. The van der Waals surface area contributed by atoms with E-state index in [0.29, 0.717) is 6.42 Å². The molecule has 1 aromatic carbocycles. The highest BCUT2D eigenvalue weighted by atomic mass is 16.1. The average molecular weight is 285 g/mol. The minimum Gasteiger partial charge on any atom is -0.361 e. The molecular weight excluding hydrogens is 262 g/mol. The lowest BCUT2D eigenvalue weighted by Crippen LogP contribution is -2.33. The summed E-state index contributed by atoms with van der Waals surface area (Å²) < 4.78 is 0. The summed E-state index contributed by atoms with van der Waals surface area (Å²) in [6.45, 7) is 4.13. The summed E-state index contributed by atoms with van der Waals surface area (Å²) in [5.41, 5.74) is 2.36.